The molecule has 2 aliphatic carbocycles. The number of H-pyrrole nitrogens is 1. The van der Waals surface area contributed by atoms with Gasteiger partial charge in [0.15, 0.2) is 0 Å². The first-order valence-electron chi connectivity index (χ1n) is 6.63. The highest BCUT2D eigenvalue weighted by Crippen LogP contribution is 2.43. The molecule has 6 nitrogen and oxygen atoms in total. The van der Waals surface area contributed by atoms with Gasteiger partial charge in [-0.25, -0.2) is 9.78 Å². The van der Waals surface area contributed by atoms with Crippen LogP contribution >= 0.6 is 0 Å². The van der Waals surface area contributed by atoms with E-state index < -0.39 is 11.5 Å². The Morgan fingerprint density at radius 1 is 1.53 bits per heavy atom. The van der Waals surface area contributed by atoms with Crippen molar-refractivity contribution in [2.45, 2.75) is 38.1 Å². The number of hydrogen-bond acceptors (Lipinski definition) is 3. The minimum atomic E-state index is -1.03. The summed E-state index contributed by atoms with van der Waals surface area (Å²) in [5.74, 6) is 0.184. The lowest BCUT2D eigenvalue weighted by Crippen LogP contribution is -2.52. The zero-order valence-electron chi connectivity index (χ0n) is 10.8. The lowest BCUT2D eigenvalue weighted by atomic mass is 9.76. The summed E-state index contributed by atoms with van der Waals surface area (Å²) in [4.78, 5) is 29.9. The average Bonchev–Trinajstić information content (AvgIpc) is 2.86. The fourth-order valence-corrected chi connectivity index (χ4v) is 2.64. The second-order valence-corrected chi connectivity index (χ2v) is 5.70. The van der Waals surface area contributed by atoms with Gasteiger partial charge in [-0.2, -0.15) is 0 Å². The smallest absolute Gasteiger partial charge is 0.353 e. The molecule has 102 valence electrons. The predicted octanol–water partition coefficient (Wildman–Crippen LogP) is 1.26. The largest absolute Gasteiger partial charge is 0.477 e. The molecule has 0 aromatic carbocycles. The van der Waals surface area contributed by atoms with Gasteiger partial charge in [0, 0.05) is 5.92 Å². The van der Waals surface area contributed by atoms with Crippen LogP contribution in [0.4, 0.5) is 0 Å². The molecule has 2 fully saturated rings. The van der Waals surface area contributed by atoms with Crippen LogP contribution in [-0.4, -0.2) is 27.0 Å². The third-order valence-corrected chi connectivity index (χ3v) is 4.28. The van der Waals surface area contributed by atoms with Gasteiger partial charge in [0.25, 0.3) is 0 Å². The number of nitrogens with one attached hydrogen (secondary N) is 2. The monoisotopic (exact) mass is 263 g/mol. The van der Waals surface area contributed by atoms with E-state index in [9.17, 15) is 9.59 Å². The van der Waals surface area contributed by atoms with E-state index in [4.69, 9.17) is 5.11 Å². The topological polar surface area (TPSA) is 95.1 Å². The van der Waals surface area contributed by atoms with Crippen LogP contribution in [0.2, 0.25) is 0 Å². The van der Waals surface area contributed by atoms with Crippen LogP contribution in [0.1, 0.15) is 48.9 Å². The van der Waals surface area contributed by atoms with Gasteiger partial charge < -0.3 is 15.4 Å². The molecule has 1 heterocycles. The Kier molecular flexibility index (Phi) is 2.62. The third kappa shape index (κ3) is 2.01. The second kappa shape index (κ2) is 4.08. The van der Waals surface area contributed by atoms with Crippen LogP contribution in [0, 0.1) is 11.8 Å². The number of carbonyl (C=O) groups is 2. The summed E-state index contributed by atoms with van der Waals surface area (Å²) in [5.41, 5.74) is -0.414. The number of amides is 1. The maximum atomic E-state index is 12.1. The van der Waals surface area contributed by atoms with E-state index in [0.29, 0.717) is 11.7 Å². The Hall–Kier alpha value is -1.85. The highest BCUT2D eigenvalue weighted by atomic mass is 16.4. The molecule has 19 heavy (non-hydrogen) atoms. The maximum Gasteiger partial charge on any atom is 0.353 e. The van der Waals surface area contributed by atoms with E-state index in [1.165, 1.54) is 6.20 Å². The Morgan fingerprint density at radius 2 is 2.21 bits per heavy atom. The van der Waals surface area contributed by atoms with Crippen molar-refractivity contribution in [3.8, 4) is 0 Å². The SMILES string of the molecule is CC1CC1C(=O)NC1(c2ncc(C(=O)O)[nH]2)CCC1. The van der Waals surface area contributed by atoms with E-state index in [1.54, 1.807) is 0 Å². The Morgan fingerprint density at radius 3 is 2.63 bits per heavy atom. The summed E-state index contributed by atoms with van der Waals surface area (Å²) in [5, 5.41) is 12.0. The van der Waals surface area contributed by atoms with Crippen LogP contribution in [0.25, 0.3) is 0 Å². The number of rotatable bonds is 4. The first kappa shape index (κ1) is 12.2. The first-order chi connectivity index (χ1) is 9.02. The van der Waals surface area contributed by atoms with Crippen LogP contribution in [0.15, 0.2) is 6.20 Å². The van der Waals surface area contributed by atoms with Crippen molar-refractivity contribution in [3.05, 3.63) is 17.7 Å². The average molecular weight is 263 g/mol. The number of carboxylic acids is 1. The number of carbonyl (C=O) groups excluding carboxylic acids is 1. The van der Waals surface area contributed by atoms with Crippen molar-refractivity contribution in [1.82, 2.24) is 15.3 Å². The lowest BCUT2D eigenvalue weighted by molar-refractivity contribution is -0.126. The molecule has 3 N–H and O–H groups in total. The summed E-state index contributed by atoms with van der Waals surface area (Å²) in [6.45, 7) is 2.06. The Bertz CT molecular complexity index is 533. The van der Waals surface area contributed by atoms with Crippen molar-refractivity contribution < 1.29 is 14.7 Å². The van der Waals surface area contributed by atoms with Gasteiger partial charge >= 0.3 is 5.97 Å². The third-order valence-electron chi connectivity index (χ3n) is 4.28. The van der Waals surface area contributed by atoms with Gasteiger partial charge in [-0.15, -0.1) is 0 Å². The van der Waals surface area contributed by atoms with Crippen molar-refractivity contribution in [2.75, 3.05) is 0 Å². The molecule has 0 bridgehead atoms. The molecule has 0 saturated heterocycles. The second-order valence-electron chi connectivity index (χ2n) is 5.70. The van der Waals surface area contributed by atoms with Crippen LogP contribution in [-0.2, 0) is 10.3 Å². The molecule has 1 aromatic heterocycles. The molecule has 6 heteroatoms. The van der Waals surface area contributed by atoms with E-state index in [0.717, 1.165) is 25.7 Å². The molecule has 0 radical (unpaired) electrons. The standard InChI is InChI=1S/C13H17N3O3/c1-7-5-8(7)10(17)16-13(3-2-4-13)12-14-6-9(15-12)11(18)19/h6-8H,2-5H2,1H3,(H,14,15)(H,16,17)(H,18,19). The molecular weight excluding hydrogens is 246 g/mol. The number of hydrogen-bond donors (Lipinski definition) is 3. The van der Waals surface area contributed by atoms with Crippen LogP contribution in [0.3, 0.4) is 0 Å². The highest BCUT2D eigenvalue weighted by Gasteiger charge is 2.47. The quantitative estimate of drug-likeness (QED) is 0.762. The minimum absolute atomic E-state index is 0.0651. The molecule has 0 spiro atoms. The number of aromatic carboxylic acids is 1. The van der Waals surface area contributed by atoms with Crippen LogP contribution in [0.5, 0.6) is 0 Å². The number of aromatic nitrogens is 2. The van der Waals surface area contributed by atoms with Gasteiger partial charge in [0.1, 0.15) is 11.5 Å². The fraction of sp³-hybridized carbons (Fsp3) is 0.615. The predicted molar refractivity (Wildman–Crippen MR) is 66.5 cm³/mol. The van der Waals surface area contributed by atoms with Gasteiger partial charge in [0.2, 0.25) is 5.91 Å². The molecular formula is C13H17N3O3. The summed E-state index contributed by atoms with van der Waals surface area (Å²) < 4.78 is 0. The minimum Gasteiger partial charge on any atom is -0.477 e. The molecule has 3 rings (SSSR count). The van der Waals surface area contributed by atoms with Crippen molar-refractivity contribution in [3.63, 3.8) is 0 Å². The lowest BCUT2D eigenvalue weighted by Gasteiger charge is -2.41. The molecule has 1 amide bonds. The fourth-order valence-electron chi connectivity index (χ4n) is 2.64. The van der Waals surface area contributed by atoms with Crippen molar-refractivity contribution >= 4 is 11.9 Å². The van der Waals surface area contributed by atoms with Crippen LogP contribution < -0.4 is 5.32 Å². The summed E-state index contributed by atoms with van der Waals surface area (Å²) >= 11 is 0. The van der Waals surface area contributed by atoms with E-state index in [2.05, 4.69) is 22.2 Å². The normalized spacial score (nSPS) is 27.4. The molecule has 2 aliphatic rings. The van der Waals surface area contributed by atoms with E-state index in [-0.39, 0.29) is 17.5 Å². The summed E-state index contributed by atoms with van der Waals surface area (Å²) in [6.07, 6.45) is 4.90. The zero-order chi connectivity index (χ0) is 13.6. The zero-order valence-corrected chi connectivity index (χ0v) is 10.8. The number of carboxylic acid groups (broad SMARTS) is 1. The van der Waals surface area contributed by atoms with Gasteiger partial charge in [-0.05, 0) is 31.6 Å². The Balaban J connectivity index is 1.78. The number of aromatic amines is 1. The van der Waals surface area contributed by atoms with E-state index >= 15 is 0 Å². The number of imidazole rings is 1. The molecule has 2 atom stereocenters. The van der Waals surface area contributed by atoms with E-state index in [1.807, 2.05) is 0 Å². The molecule has 2 saturated carbocycles. The van der Waals surface area contributed by atoms with Crippen molar-refractivity contribution in [1.29, 1.82) is 0 Å². The van der Waals surface area contributed by atoms with Crippen molar-refractivity contribution in [2.24, 2.45) is 11.8 Å². The summed E-state index contributed by atoms with van der Waals surface area (Å²) in [6, 6.07) is 0. The highest BCUT2D eigenvalue weighted by molar-refractivity contribution is 5.85. The summed E-state index contributed by atoms with van der Waals surface area (Å²) in [7, 11) is 0. The molecule has 2 unspecified atom stereocenters. The molecule has 1 aromatic rings. The maximum absolute atomic E-state index is 12.1. The Labute approximate surface area is 110 Å². The first-order valence-corrected chi connectivity index (χ1v) is 6.63. The number of nitrogens with zero attached hydrogens (tertiary/aromatic N) is 1. The van der Waals surface area contributed by atoms with Gasteiger partial charge in [-0.1, -0.05) is 6.92 Å². The van der Waals surface area contributed by atoms with Gasteiger partial charge in [-0.3, -0.25) is 4.79 Å². The van der Waals surface area contributed by atoms with Gasteiger partial charge in [0.05, 0.1) is 11.7 Å². The molecule has 0 aliphatic heterocycles.